The Bertz CT molecular complexity index is 619. The molecule has 102 valence electrons. The van der Waals surface area contributed by atoms with Gasteiger partial charge in [-0.3, -0.25) is 9.78 Å². The van der Waals surface area contributed by atoms with Crippen molar-refractivity contribution in [2.45, 2.75) is 38.5 Å². The van der Waals surface area contributed by atoms with Crippen LogP contribution >= 0.6 is 0 Å². The number of ketones is 1. The smallest absolute Gasteiger partial charge is 0.183 e. The average Bonchev–Trinajstić information content (AvgIpc) is 2.48. The quantitative estimate of drug-likeness (QED) is 0.799. The summed E-state index contributed by atoms with van der Waals surface area (Å²) >= 11 is 0. The summed E-state index contributed by atoms with van der Waals surface area (Å²) in [6, 6.07) is 8.48. The Kier molecular flexibility index (Phi) is 3.59. The van der Waals surface area contributed by atoms with E-state index in [1.165, 1.54) is 11.1 Å². The minimum Gasteiger partial charge on any atom is -0.292 e. The number of aromatic nitrogens is 2. The lowest BCUT2D eigenvalue weighted by Crippen LogP contribution is -2.14. The Hall–Kier alpha value is -2.03. The summed E-state index contributed by atoms with van der Waals surface area (Å²) in [7, 11) is 0. The van der Waals surface area contributed by atoms with Crippen molar-refractivity contribution in [1.29, 1.82) is 0 Å². The molecule has 3 heteroatoms. The summed E-state index contributed by atoms with van der Waals surface area (Å²) < 4.78 is 0. The third-order valence-electron chi connectivity index (χ3n) is 3.99. The lowest BCUT2D eigenvalue weighted by molar-refractivity contribution is 0.0965. The van der Waals surface area contributed by atoms with E-state index in [0.717, 1.165) is 25.0 Å². The van der Waals surface area contributed by atoms with E-state index in [-0.39, 0.29) is 5.78 Å². The summed E-state index contributed by atoms with van der Waals surface area (Å²) in [5.41, 5.74) is 4.06. The molecule has 0 amide bonds. The highest BCUT2D eigenvalue weighted by Crippen LogP contribution is 2.34. The minimum absolute atomic E-state index is 0.0965. The van der Waals surface area contributed by atoms with Crippen LogP contribution < -0.4 is 0 Å². The molecule has 0 saturated carbocycles. The van der Waals surface area contributed by atoms with Crippen molar-refractivity contribution in [3.63, 3.8) is 0 Å². The van der Waals surface area contributed by atoms with E-state index in [2.05, 4.69) is 34.2 Å². The third kappa shape index (κ3) is 2.62. The van der Waals surface area contributed by atoms with Crippen molar-refractivity contribution < 1.29 is 4.79 Å². The van der Waals surface area contributed by atoms with Crippen LogP contribution in [0.3, 0.4) is 0 Å². The molecule has 0 spiro atoms. The van der Waals surface area contributed by atoms with E-state index < -0.39 is 0 Å². The third-order valence-corrected chi connectivity index (χ3v) is 3.99. The van der Waals surface area contributed by atoms with Gasteiger partial charge in [-0.1, -0.05) is 24.3 Å². The predicted octanol–water partition coefficient (Wildman–Crippen LogP) is 3.48. The van der Waals surface area contributed by atoms with Crippen LogP contribution in [-0.2, 0) is 6.42 Å². The topological polar surface area (TPSA) is 42.9 Å². The predicted molar refractivity (Wildman–Crippen MR) is 77.8 cm³/mol. The first-order valence-corrected chi connectivity index (χ1v) is 7.13. The number of fused-ring (bicyclic) bond motifs is 1. The molecule has 1 atom stereocenters. The summed E-state index contributed by atoms with van der Waals surface area (Å²) in [5.74, 6) is 0.426. The molecule has 1 aliphatic rings. The molecular weight excluding hydrogens is 248 g/mol. The summed E-state index contributed by atoms with van der Waals surface area (Å²) in [6.45, 7) is 1.87. The fourth-order valence-corrected chi connectivity index (χ4v) is 2.93. The van der Waals surface area contributed by atoms with Gasteiger partial charge >= 0.3 is 0 Å². The van der Waals surface area contributed by atoms with Crippen molar-refractivity contribution in [3.05, 3.63) is 59.2 Å². The SMILES string of the molecule is Cc1cnc(C(=O)CC2CCCc3ccccc32)cn1. The highest BCUT2D eigenvalue weighted by atomic mass is 16.1. The van der Waals surface area contributed by atoms with Gasteiger partial charge in [0.2, 0.25) is 0 Å². The first-order chi connectivity index (χ1) is 9.74. The molecule has 1 aromatic heterocycles. The Balaban J connectivity index is 1.79. The molecule has 3 rings (SSSR count). The second kappa shape index (κ2) is 5.53. The Morgan fingerprint density at radius 3 is 2.90 bits per heavy atom. The first-order valence-electron chi connectivity index (χ1n) is 7.13. The van der Waals surface area contributed by atoms with Gasteiger partial charge in [-0.25, -0.2) is 4.98 Å². The number of hydrogen-bond donors (Lipinski definition) is 0. The van der Waals surface area contributed by atoms with Crippen molar-refractivity contribution >= 4 is 5.78 Å². The monoisotopic (exact) mass is 266 g/mol. The van der Waals surface area contributed by atoms with Crippen molar-refractivity contribution in [2.24, 2.45) is 0 Å². The van der Waals surface area contributed by atoms with Crippen molar-refractivity contribution in [1.82, 2.24) is 9.97 Å². The molecule has 0 aliphatic heterocycles. The fraction of sp³-hybridized carbons (Fsp3) is 0.353. The van der Waals surface area contributed by atoms with Crippen LogP contribution in [0.4, 0.5) is 0 Å². The molecule has 20 heavy (non-hydrogen) atoms. The molecule has 1 aromatic carbocycles. The normalized spacial score (nSPS) is 17.6. The van der Waals surface area contributed by atoms with E-state index in [9.17, 15) is 4.79 Å². The van der Waals surface area contributed by atoms with Crippen LogP contribution in [0.5, 0.6) is 0 Å². The van der Waals surface area contributed by atoms with Crippen LogP contribution in [0.1, 0.15) is 52.5 Å². The molecule has 1 aliphatic carbocycles. The largest absolute Gasteiger partial charge is 0.292 e. The fourth-order valence-electron chi connectivity index (χ4n) is 2.93. The Labute approximate surface area is 119 Å². The van der Waals surface area contributed by atoms with Crippen molar-refractivity contribution in [3.8, 4) is 0 Å². The molecule has 1 heterocycles. The number of nitrogens with zero attached hydrogens (tertiary/aromatic N) is 2. The number of rotatable bonds is 3. The molecule has 1 unspecified atom stereocenters. The molecule has 2 aromatic rings. The van der Waals surface area contributed by atoms with Gasteiger partial charge in [-0.15, -0.1) is 0 Å². The summed E-state index contributed by atoms with van der Waals surface area (Å²) in [6.07, 6.45) is 7.16. The number of carbonyl (C=O) groups excluding carboxylic acids is 1. The second-order valence-corrected chi connectivity index (χ2v) is 5.46. The van der Waals surface area contributed by atoms with Gasteiger partial charge in [0.25, 0.3) is 0 Å². The minimum atomic E-state index is 0.0965. The zero-order chi connectivity index (χ0) is 13.9. The molecule has 3 nitrogen and oxygen atoms in total. The first kappa shape index (κ1) is 13.0. The van der Waals surface area contributed by atoms with Gasteiger partial charge in [0.15, 0.2) is 5.78 Å². The highest BCUT2D eigenvalue weighted by molar-refractivity contribution is 5.94. The summed E-state index contributed by atoms with van der Waals surface area (Å²) in [4.78, 5) is 20.7. The molecular formula is C17H18N2O. The molecule has 0 radical (unpaired) electrons. The summed E-state index contributed by atoms with van der Waals surface area (Å²) in [5, 5.41) is 0. The van der Waals surface area contributed by atoms with Crippen LogP contribution in [0.2, 0.25) is 0 Å². The highest BCUT2D eigenvalue weighted by Gasteiger charge is 2.23. The Morgan fingerprint density at radius 1 is 1.25 bits per heavy atom. The second-order valence-electron chi connectivity index (χ2n) is 5.46. The number of benzene rings is 1. The van der Waals surface area contributed by atoms with E-state index in [1.54, 1.807) is 12.4 Å². The van der Waals surface area contributed by atoms with Gasteiger partial charge in [-0.05, 0) is 43.2 Å². The Morgan fingerprint density at radius 2 is 2.10 bits per heavy atom. The van der Waals surface area contributed by atoms with Crippen LogP contribution in [0.15, 0.2) is 36.7 Å². The number of carbonyl (C=O) groups is 1. The lowest BCUT2D eigenvalue weighted by Gasteiger charge is -2.24. The maximum absolute atomic E-state index is 12.3. The standard InChI is InChI=1S/C17H18N2O/c1-12-10-19-16(11-18-12)17(20)9-14-7-4-6-13-5-2-3-8-15(13)14/h2-3,5,8,10-11,14H,4,6-7,9H2,1H3. The van der Waals surface area contributed by atoms with E-state index in [0.29, 0.717) is 18.0 Å². The molecule has 0 fully saturated rings. The molecule has 0 N–H and O–H groups in total. The van der Waals surface area contributed by atoms with Gasteiger partial charge in [0.05, 0.1) is 11.9 Å². The van der Waals surface area contributed by atoms with E-state index >= 15 is 0 Å². The van der Waals surface area contributed by atoms with Gasteiger partial charge in [0.1, 0.15) is 5.69 Å². The van der Waals surface area contributed by atoms with E-state index in [4.69, 9.17) is 0 Å². The maximum atomic E-state index is 12.3. The van der Waals surface area contributed by atoms with Gasteiger partial charge < -0.3 is 0 Å². The van der Waals surface area contributed by atoms with Crippen LogP contribution in [-0.4, -0.2) is 15.8 Å². The van der Waals surface area contributed by atoms with Crippen LogP contribution in [0, 0.1) is 6.92 Å². The average molecular weight is 266 g/mol. The molecule has 0 saturated heterocycles. The maximum Gasteiger partial charge on any atom is 0.183 e. The zero-order valence-electron chi connectivity index (χ0n) is 11.7. The van der Waals surface area contributed by atoms with Gasteiger partial charge in [-0.2, -0.15) is 0 Å². The van der Waals surface area contributed by atoms with Crippen LogP contribution in [0.25, 0.3) is 0 Å². The number of aryl methyl sites for hydroxylation is 2. The lowest BCUT2D eigenvalue weighted by atomic mass is 9.80. The van der Waals surface area contributed by atoms with E-state index in [1.807, 2.05) is 6.92 Å². The van der Waals surface area contributed by atoms with Crippen molar-refractivity contribution in [2.75, 3.05) is 0 Å². The number of hydrogen-bond acceptors (Lipinski definition) is 3. The molecule has 0 bridgehead atoms. The number of Topliss-reactive ketones (excluding diaryl/α,β-unsaturated/α-hetero) is 1. The van der Waals surface area contributed by atoms with Gasteiger partial charge in [0, 0.05) is 12.6 Å². The zero-order valence-corrected chi connectivity index (χ0v) is 11.7.